The minimum atomic E-state index is -0.242. The maximum absolute atomic E-state index is 13.7. The molecule has 4 nitrogen and oxygen atoms in total. The Morgan fingerprint density at radius 2 is 2.38 bits per heavy atom. The highest BCUT2D eigenvalue weighted by molar-refractivity contribution is 7.99. The number of hydrogen-bond donors (Lipinski definition) is 2. The van der Waals surface area contributed by atoms with Crippen molar-refractivity contribution in [2.75, 3.05) is 7.05 Å². The normalized spacial score (nSPS) is 10.6. The summed E-state index contributed by atoms with van der Waals surface area (Å²) >= 11 is 1.22. The lowest BCUT2D eigenvalue weighted by molar-refractivity contribution is 0.597. The van der Waals surface area contributed by atoms with E-state index in [-0.39, 0.29) is 5.82 Å². The third-order valence-electron chi connectivity index (χ3n) is 1.98. The van der Waals surface area contributed by atoms with Crippen molar-refractivity contribution >= 4 is 11.8 Å². The van der Waals surface area contributed by atoms with Crippen LogP contribution in [0, 0.1) is 5.82 Å². The van der Waals surface area contributed by atoms with Gasteiger partial charge in [0.15, 0.2) is 5.16 Å². The van der Waals surface area contributed by atoms with E-state index in [4.69, 9.17) is 0 Å². The Kier molecular flexibility index (Phi) is 3.53. The zero-order valence-corrected chi connectivity index (χ0v) is 9.51. The van der Waals surface area contributed by atoms with Crippen molar-refractivity contribution in [3.05, 3.63) is 35.9 Å². The van der Waals surface area contributed by atoms with Gasteiger partial charge >= 0.3 is 0 Å². The summed E-state index contributed by atoms with van der Waals surface area (Å²) in [5.41, 5.74) is 0.918. The summed E-state index contributed by atoms with van der Waals surface area (Å²) in [5.74, 6) is -0.242. The largest absolute Gasteiger partial charge is 0.316 e. The third-order valence-corrected chi connectivity index (χ3v) is 2.92. The lowest BCUT2D eigenvalue weighted by Crippen LogP contribution is -2.05. The lowest BCUT2D eigenvalue weighted by Gasteiger charge is -2.03. The molecule has 0 amide bonds. The van der Waals surface area contributed by atoms with Gasteiger partial charge in [-0.25, -0.2) is 9.37 Å². The van der Waals surface area contributed by atoms with Crippen LogP contribution in [0.4, 0.5) is 4.39 Å². The Hall–Kier alpha value is -1.40. The van der Waals surface area contributed by atoms with Crippen LogP contribution in [-0.4, -0.2) is 22.2 Å². The Balaban J connectivity index is 2.16. The van der Waals surface area contributed by atoms with Gasteiger partial charge in [0, 0.05) is 6.54 Å². The van der Waals surface area contributed by atoms with Crippen LogP contribution in [0.15, 0.2) is 34.6 Å². The number of aromatic amines is 1. The summed E-state index contributed by atoms with van der Waals surface area (Å²) in [4.78, 5) is 4.47. The van der Waals surface area contributed by atoms with Gasteiger partial charge in [-0.05, 0) is 36.5 Å². The molecule has 0 aliphatic heterocycles. The predicted molar refractivity (Wildman–Crippen MR) is 59.7 cm³/mol. The first-order valence-electron chi connectivity index (χ1n) is 4.76. The van der Waals surface area contributed by atoms with E-state index in [9.17, 15) is 4.39 Å². The van der Waals surface area contributed by atoms with Gasteiger partial charge in [0.2, 0.25) is 0 Å². The highest BCUT2D eigenvalue weighted by atomic mass is 32.2. The van der Waals surface area contributed by atoms with Crippen molar-refractivity contribution < 1.29 is 4.39 Å². The van der Waals surface area contributed by atoms with E-state index in [2.05, 4.69) is 20.5 Å². The summed E-state index contributed by atoms with van der Waals surface area (Å²) in [6.45, 7) is 0.657. The Morgan fingerprint density at radius 1 is 1.50 bits per heavy atom. The van der Waals surface area contributed by atoms with Crippen LogP contribution in [0.25, 0.3) is 0 Å². The van der Waals surface area contributed by atoms with Gasteiger partial charge in [0.25, 0.3) is 0 Å². The Labute approximate surface area is 96.7 Å². The molecular weight excluding hydrogens is 227 g/mol. The van der Waals surface area contributed by atoms with Gasteiger partial charge in [0.05, 0.1) is 4.90 Å². The molecule has 0 spiro atoms. The first-order valence-corrected chi connectivity index (χ1v) is 5.57. The van der Waals surface area contributed by atoms with Crippen molar-refractivity contribution in [2.45, 2.75) is 16.6 Å². The summed E-state index contributed by atoms with van der Waals surface area (Å²) in [6.07, 6.45) is 1.40. The molecule has 1 heterocycles. The third kappa shape index (κ3) is 2.59. The van der Waals surface area contributed by atoms with E-state index in [0.717, 1.165) is 5.56 Å². The van der Waals surface area contributed by atoms with Crippen LogP contribution >= 0.6 is 11.8 Å². The minimum Gasteiger partial charge on any atom is -0.316 e. The fraction of sp³-hybridized carbons (Fsp3) is 0.200. The maximum Gasteiger partial charge on any atom is 0.188 e. The summed E-state index contributed by atoms with van der Waals surface area (Å²) < 4.78 is 13.7. The van der Waals surface area contributed by atoms with E-state index >= 15 is 0 Å². The van der Waals surface area contributed by atoms with Crippen molar-refractivity contribution in [3.8, 4) is 0 Å². The number of benzene rings is 1. The molecule has 0 aliphatic carbocycles. The number of nitrogens with one attached hydrogen (secondary N) is 2. The summed E-state index contributed by atoms with van der Waals surface area (Å²) in [7, 11) is 1.83. The molecule has 1 aromatic heterocycles. The molecule has 0 radical (unpaired) electrons. The second kappa shape index (κ2) is 5.09. The number of rotatable bonds is 4. The summed E-state index contributed by atoms with van der Waals surface area (Å²) in [5, 5.41) is 9.94. The minimum absolute atomic E-state index is 0.242. The fourth-order valence-electron chi connectivity index (χ4n) is 1.29. The van der Waals surface area contributed by atoms with Crippen LogP contribution < -0.4 is 5.32 Å². The van der Waals surface area contributed by atoms with E-state index in [1.54, 1.807) is 6.07 Å². The number of halogens is 1. The highest BCUT2D eigenvalue weighted by Gasteiger charge is 2.06. The zero-order chi connectivity index (χ0) is 11.4. The topological polar surface area (TPSA) is 53.6 Å². The van der Waals surface area contributed by atoms with Crippen LogP contribution in [0.3, 0.4) is 0 Å². The van der Waals surface area contributed by atoms with Crippen LogP contribution in [0.1, 0.15) is 5.56 Å². The second-order valence-electron chi connectivity index (χ2n) is 3.19. The van der Waals surface area contributed by atoms with Crippen LogP contribution in [-0.2, 0) is 6.54 Å². The standard InChI is InChI=1S/C10H11FN4S/c1-12-5-7-2-3-9(8(11)4-7)16-10-13-6-14-15-10/h2-4,6,12H,5H2,1H3,(H,13,14,15). The van der Waals surface area contributed by atoms with Gasteiger partial charge in [0.1, 0.15) is 12.1 Å². The molecule has 0 saturated heterocycles. The molecule has 0 bridgehead atoms. The Morgan fingerprint density at radius 3 is 3.00 bits per heavy atom. The quantitative estimate of drug-likeness (QED) is 0.853. The molecule has 0 unspecified atom stereocenters. The summed E-state index contributed by atoms with van der Waals surface area (Å²) in [6, 6.07) is 5.16. The van der Waals surface area contributed by atoms with Crippen molar-refractivity contribution in [2.24, 2.45) is 0 Å². The molecule has 0 aliphatic rings. The van der Waals surface area contributed by atoms with E-state index < -0.39 is 0 Å². The SMILES string of the molecule is CNCc1ccc(Sc2ncn[nH]2)c(F)c1. The molecule has 0 fully saturated rings. The van der Waals surface area contributed by atoms with Crippen molar-refractivity contribution in [1.82, 2.24) is 20.5 Å². The van der Waals surface area contributed by atoms with E-state index in [1.165, 1.54) is 24.2 Å². The molecule has 2 aromatic rings. The molecule has 1 aromatic carbocycles. The molecule has 6 heteroatoms. The van der Waals surface area contributed by atoms with Gasteiger partial charge in [-0.3, -0.25) is 5.10 Å². The number of hydrogen-bond acceptors (Lipinski definition) is 4. The molecule has 84 valence electrons. The molecule has 0 atom stereocenters. The van der Waals surface area contributed by atoms with E-state index in [0.29, 0.717) is 16.6 Å². The van der Waals surface area contributed by atoms with Crippen molar-refractivity contribution in [1.29, 1.82) is 0 Å². The highest BCUT2D eigenvalue weighted by Crippen LogP contribution is 2.27. The average Bonchev–Trinajstić information content (AvgIpc) is 2.75. The number of nitrogens with zero attached hydrogens (tertiary/aromatic N) is 2. The van der Waals surface area contributed by atoms with E-state index in [1.807, 2.05) is 13.1 Å². The van der Waals surface area contributed by atoms with Gasteiger partial charge < -0.3 is 5.32 Å². The van der Waals surface area contributed by atoms with Crippen molar-refractivity contribution in [3.63, 3.8) is 0 Å². The predicted octanol–water partition coefficient (Wildman–Crippen LogP) is 1.81. The monoisotopic (exact) mass is 238 g/mol. The van der Waals surface area contributed by atoms with Gasteiger partial charge in [-0.2, -0.15) is 5.10 Å². The Bertz CT molecular complexity index is 458. The molecule has 2 N–H and O–H groups in total. The average molecular weight is 238 g/mol. The van der Waals surface area contributed by atoms with Crippen LogP contribution in [0.5, 0.6) is 0 Å². The lowest BCUT2D eigenvalue weighted by atomic mass is 10.2. The first-order chi connectivity index (χ1) is 7.79. The van der Waals surface area contributed by atoms with Gasteiger partial charge in [-0.1, -0.05) is 6.07 Å². The maximum atomic E-state index is 13.7. The van der Waals surface area contributed by atoms with Crippen LogP contribution in [0.2, 0.25) is 0 Å². The zero-order valence-electron chi connectivity index (χ0n) is 8.70. The second-order valence-corrected chi connectivity index (χ2v) is 4.22. The number of H-pyrrole nitrogens is 1. The van der Waals surface area contributed by atoms with Gasteiger partial charge in [-0.15, -0.1) is 0 Å². The molecule has 16 heavy (non-hydrogen) atoms. The molecule has 0 saturated carbocycles. The smallest absolute Gasteiger partial charge is 0.188 e. The fourth-order valence-corrected chi connectivity index (χ4v) is 1.99. The molecule has 2 rings (SSSR count). The number of aromatic nitrogens is 3. The first kappa shape index (κ1) is 11.1. The molecular formula is C10H11FN4S.